The maximum Gasteiger partial charge on any atom is 0.230 e. The standard InChI is InChI=1S/C12H18N2O2S/c1-16-9-12(3-4-13-8-12)11(15)14-6-10-2-5-17-7-10/h2,5,7,13H,3-4,6,8-9H2,1H3,(H,14,15). The summed E-state index contributed by atoms with van der Waals surface area (Å²) in [5, 5.41) is 10.3. The second-order valence-electron chi connectivity index (χ2n) is 4.45. The third kappa shape index (κ3) is 2.86. The Balaban J connectivity index is 1.92. The molecule has 2 heterocycles. The second kappa shape index (κ2) is 5.62. The Morgan fingerprint density at radius 1 is 1.71 bits per heavy atom. The van der Waals surface area contributed by atoms with Crippen LogP contribution in [0.1, 0.15) is 12.0 Å². The molecule has 1 aliphatic rings. The summed E-state index contributed by atoms with van der Waals surface area (Å²) in [6, 6.07) is 2.03. The summed E-state index contributed by atoms with van der Waals surface area (Å²) >= 11 is 1.64. The molecule has 0 radical (unpaired) electrons. The van der Waals surface area contributed by atoms with Crippen LogP contribution < -0.4 is 10.6 Å². The van der Waals surface area contributed by atoms with Crippen molar-refractivity contribution < 1.29 is 9.53 Å². The molecule has 1 atom stereocenters. The molecule has 17 heavy (non-hydrogen) atoms. The lowest BCUT2D eigenvalue weighted by Gasteiger charge is -2.25. The minimum atomic E-state index is -0.384. The normalized spacial score (nSPS) is 23.8. The zero-order valence-corrected chi connectivity index (χ0v) is 10.8. The van der Waals surface area contributed by atoms with Gasteiger partial charge < -0.3 is 15.4 Å². The molecule has 1 saturated heterocycles. The Hall–Kier alpha value is -0.910. The van der Waals surface area contributed by atoms with Gasteiger partial charge in [-0.1, -0.05) is 0 Å². The molecule has 1 fully saturated rings. The first-order valence-electron chi connectivity index (χ1n) is 5.76. The molecule has 4 nitrogen and oxygen atoms in total. The average Bonchev–Trinajstić information content (AvgIpc) is 2.97. The molecule has 94 valence electrons. The molecule has 2 rings (SSSR count). The number of hydrogen-bond acceptors (Lipinski definition) is 4. The van der Waals surface area contributed by atoms with Crippen LogP contribution in [0.2, 0.25) is 0 Å². The van der Waals surface area contributed by atoms with Crippen LogP contribution in [-0.4, -0.2) is 32.7 Å². The van der Waals surface area contributed by atoms with Gasteiger partial charge in [0.2, 0.25) is 5.91 Å². The topological polar surface area (TPSA) is 50.4 Å². The van der Waals surface area contributed by atoms with Gasteiger partial charge >= 0.3 is 0 Å². The van der Waals surface area contributed by atoms with Gasteiger partial charge in [0.05, 0.1) is 12.0 Å². The Morgan fingerprint density at radius 3 is 3.18 bits per heavy atom. The van der Waals surface area contributed by atoms with Gasteiger partial charge in [-0.05, 0) is 35.4 Å². The average molecular weight is 254 g/mol. The fourth-order valence-corrected chi connectivity index (χ4v) is 2.83. The van der Waals surface area contributed by atoms with E-state index in [9.17, 15) is 4.79 Å². The van der Waals surface area contributed by atoms with Crippen LogP contribution in [0, 0.1) is 5.41 Å². The fourth-order valence-electron chi connectivity index (χ4n) is 2.17. The van der Waals surface area contributed by atoms with Crippen molar-refractivity contribution >= 4 is 17.2 Å². The lowest BCUT2D eigenvalue weighted by atomic mass is 9.87. The summed E-state index contributed by atoms with van der Waals surface area (Å²) in [5.41, 5.74) is 0.770. The van der Waals surface area contributed by atoms with E-state index in [1.165, 1.54) is 0 Å². The molecule has 0 spiro atoms. The molecule has 0 aromatic carbocycles. The Labute approximate surface area is 105 Å². The van der Waals surface area contributed by atoms with E-state index < -0.39 is 0 Å². The molecule has 1 aromatic rings. The zero-order chi connectivity index (χ0) is 12.1. The van der Waals surface area contributed by atoms with E-state index in [-0.39, 0.29) is 11.3 Å². The predicted octanol–water partition coefficient (Wildman–Crippen LogP) is 0.990. The molecule has 1 unspecified atom stereocenters. The van der Waals surface area contributed by atoms with Gasteiger partial charge in [-0.3, -0.25) is 4.79 Å². The highest BCUT2D eigenvalue weighted by Crippen LogP contribution is 2.26. The van der Waals surface area contributed by atoms with Crippen molar-refractivity contribution in [3.63, 3.8) is 0 Å². The number of rotatable bonds is 5. The third-order valence-corrected chi connectivity index (χ3v) is 3.91. The van der Waals surface area contributed by atoms with Crippen LogP contribution in [0.15, 0.2) is 16.8 Å². The SMILES string of the molecule is COCC1(C(=O)NCc2ccsc2)CCNC1. The highest BCUT2D eigenvalue weighted by Gasteiger charge is 2.41. The Morgan fingerprint density at radius 2 is 2.59 bits per heavy atom. The molecule has 1 aliphatic heterocycles. The van der Waals surface area contributed by atoms with Crippen LogP contribution in [-0.2, 0) is 16.1 Å². The summed E-state index contributed by atoms with van der Waals surface area (Å²) < 4.78 is 5.19. The number of amides is 1. The van der Waals surface area contributed by atoms with Gasteiger partial charge in [-0.25, -0.2) is 0 Å². The third-order valence-electron chi connectivity index (χ3n) is 3.18. The van der Waals surface area contributed by atoms with Gasteiger partial charge in [0.1, 0.15) is 0 Å². The quantitative estimate of drug-likeness (QED) is 0.824. The summed E-state index contributed by atoms with van der Waals surface area (Å²) in [5.74, 6) is 0.0931. The van der Waals surface area contributed by atoms with Crippen LogP contribution in [0.4, 0.5) is 0 Å². The van der Waals surface area contributed by atoms with Crippen molar-refractivity contribution in [3.8, 4) is 0 Å². The van der Waals surface area contributed by atoms with Crippen molar-refractivity contribution in [2.75, 3.05) is 26.8 Å². The smallest absolute Gasteiger partial charge is 0.230 e. The Kier molecular flexibility index (Phi) is 4.15. The largest absolute Gasteiger partial charge is 0.384 e. The van der Waals surface area contributed by atoms with Gasteiger partial charge in [0.15, 0.2) is 0 Å². The Bertz CT molecular complexity index is 359. The maximum absolute atomic E-state index is 12.2. The van der Waals surface area contributed by atoms with Crippen LogP contribution in [0.3, 0.4) is 0 Å². The number of ether oxygens (including phenoxy) is 1. The number of methoxy groups -OCH3 is 1. The van der Waals surface area contributed by atoms with E-state index in [0.717, 1.165) is 18.5 Å². The van der Waals surface area contributed by atoms with Crippen LogP contribution in [0.25, 0.3) is 0 Å². The van der Waals surface area contributed by atoms with E-state index in [4.69, 9.17) is 4.74 Å². The van der Waals surface area contributed by atoms with Crippen LogP contribution in [0.5, 0.6) is 0 Å². The van der Waals surface area contributed by atoms with E-state index in [0.29, 0.717) is 19.7 Å². The molecule has 0 aliphatic carbocycles. The van der Waals surface area contributed by atoms with Crippen molar-refractivity contribution in [1.82, 2.24) is 10.6 Å². The number of carbonyl (C=O) groups is 1. The minimum absolute atomic E-state index is 0.0931. The van der Waals surface area contributed by atoms with Gasteiger partial charge in [0.25, 0.3) is 0 Å². The number of thiophene rings is 1. The second-order valence-corrected chi connectivity index (χ2v) is 5.23. The molecular formula is C12H18N2O2S. The number of carbonyl (C=O) groups excluding carboxylic acids is 1. The monoisotopic (exact) mass is 254 g/mol. The van der Waals surface area contributed by atoms with Crippen molar-refractivity contribution in [2.45, 2.75) is 13.0 Å². The van der Waals surface area contributed by atoms with Gasteiger partial charge in [-0.15, -0.1) is 0 Å². The molecule has 5 heteroatoms. The lowest BCUT2D eigenvalue weighted by molar-refractivity contribution is -0.133. The first-order valence-corrected chi connectivity index (χ1v) is 6.70. The summed E-state index contributed by atoms with van der Waals surface area (Å²) in [4.78, 5) is 12.2. The molecule has 2 N–H and O–H groups in total. The summed E-state index contributed by atoms with van der Waals surface area (Å²) in [6.45, 7) is 2.68. The number of nitrogens with one attached hydrogen (secondary N) is 2. The maximum atomic E-state index is 12.2. The van der Waals surface area contributed by atoms with Crippen LogP contribution >= 0.6 is 11.3 Å². The van der Waals surface area contributed by atoms with Gasteiger partial charge in [-0.2, -0.15) is 11.3 Å². The van der Waals surface area contributed by atoms with E-state index >= 15 is 0 Å². The lowest BCUT2D eigenvalue weighted by Crippen LogP contribution is -2.45. The predicted molar refractivity (Wildman–Crippen MR) is 68.0 cm³/mol. The molecule has 0 saturated carbocycles. The molecule has 1 amide bonds. The molecule has 0 bridgehead atoms. The van der Waals surface area contributed by atoms with Crippen molar-refractivity contribution in [3.05, 3.63) is 22.4 Å². The highest BCUT2D eigenvalue weighted by atomic mass is 32.1. The first-order chi connectivity index (χ1) is 8.27. The minimum Gasteiger partial charge on any atom is -0.384 e. The summed E-state index contributed by atoms with van der Waals surface area (Å²) in [6.07, 6.45) is 0.844. The van der Waals surface area contributed by atoms with Crippen molar-refractivity contribution in [2.24, 2.45) is 5.41 Å². The highest BCUT2D eigenvalue weighted by molar-refractivity contribution is 7.07. The van der Waals surface area contributed by atoms with Gasteiger partial charge in [0, 0.05) is 20.2 Å². The number of hydrogen-bond donors (Lipinski definition) is 2. The first kappa shape index (κ1) is 12.5. The van der Waals surface area contributed by atoms with E-state index in [1.54, 1.807) is 18.4 Å². The van der Waals surface area contributed by atoms with E-state index in [1.807, 2.05) is 11.4 Å². The fraction of sp³-hybridized carbons (Fsp3) is 0.583. The van der Waals surface area contributed by atoms with E-state index in [2.05, 4.69) is 16.0 Å². The van der Waals surface area contributed by atoms with Crippen molar-refractivity contribution in [1.29, 1.82) is 0 Å². The summed E-state index contributed by atoms with van der Waals surface area (Å²) in [7, 11) is 1.65. The molecular weight excluding hydrogens is 236 g/mol. The molecule has 1 aromatic heterocycles. The zero-order valence-electron chi connectivity index (χ0n) is 9.99.